The molecule has 1 aliphatic heterocycles. The quantitative estimate of drug-likeness (QED) is 0.519. The molecule has 6 heteroatoms. The molecule has 1 heterocycles. The first-order valence-electron chi connectivity index (χ1n) is 8.96. The number of fused-ring (bicyclic) bond motifs is 1. The van der Waals surface area contributed by atoms with E-state index >= 15 is 0 Å². The Morgan fingerprint density at radius 1 is 0.964 bits per heavy atom. The zero-order chi connectivity index (χ0) is 19.8. The maximum atomic E-state index is 13.4. The monoisotopic (exact) mass is 373 g/mol. The van der Waals surface area contributed by atoms with Gasteiger partial charge >= 0.3 is 0 Å². The first-order valence-corrected chi connectivity index (χ1v) is 8.96. The van der Waals surface area contributed by atoms with Crippen LogP contribution in [0.15, 0.2) is 66.7 Å². The van der Waals surface area contributed by atoms with Crippen molar-refractivity contribution in [2.75, 3.05) is 10.2 Å². The lowest BCUT2D eigenvalue weighted by Gasteiger charge is -2.38. The number of non-ortho nitro benzene ring substituents is 1. The summed E-state index contributed by atoms with van der Waals surface area (Å²) in [6.45, 7) is 4.01. The predicted molar refractivity (Wildman–Crippen MR) is 109 cm³/mol. The van der Waals surface area contributed by atoms with E-state index in [0.717, 1.165) is 16.8 Å². The first-order chi connectivity index (χ1) is 13.5. The van der Waals surface area contributed by atoms with Crippen LogP contribution >= 0.6 is 0 Å². The molecule has 0 saturated heterocycles. The molecule has 28 heavy (non-hydrogen) atoms. The van der Waals surface area contributed by atoms with E-state index in [0.29, 0.717) is 16.8 Å². The molecule has 1 atom stereocenters. The lowest BCUT2D eigenvalue weighted by molar-refractivity contribution is -0.384. The summed E-state index contributed by atoms with van der Waals surface area (Å²) in [5.41, 5.74) is 4.87. The fourth-order valence-electron chi connectivity index (χ4n) is 3.44. The highest BCUT2D eigenvalue weighted by atomic mass is 16.6. The van der Waals surface area contributed by atoms with Crippen molar-refractivity contribution in [2.24, 2.45) is 0 Å². The van der Waals surface area contributed by atoms with Crippen LogP contribution in [0.25, 0.3) is 0 Å². The van der Waals surface area contributed by atoms with Gasteiger partial charge in [-0.25, -0.2) is 0 Å². The number of aryl methyl sites for hydroxylation is 2. The largest absolute Gasteiger partial charge is 0.360 e. The third kappa shape index (κ3) is 2.99. The number of nitrogens with zero attached hydrogens (tertiary/aromatic N) is 2. The molecular weight excluding hydrogens is 354 g/mol. The Hall–Kier alpha value is -3.67. The topological polar surface area (TPSA) is 75.5 Å². The molecule has 1 N–H and O–H groups in total. The number of rotatable bonds is 3. The number of carbonyl (C=O) groups excluding carboxylic acids is 1. The maximum Gasteiger partial charge on any atom is 0.269 e. The summed E-state index contributed by atoms with van der Waals surface area (Å²) < 4.78 is 0. The van der Waals surface area contributed by atoms with Gasteiger partial charge in [-0.2, -0.15) is 0 Å². The Balaban J connectivity index is 1.88. The number of hydrogen-bond acceptors (Lipinski definition) is 4. The average molecular weight is 373 g/mol. The molecule has 140 valence electrons. The van der Waals surface area contributed by atoms with E-state index in [1.54, 1.807) is 23.1 Å². The number of benzene rings is 3. The first kappa shape index (κ1) is 17.7. The summed E-state index contributed by atoms with van der Waals surface area (Å²) in [5.74, 6) is -0.144. The zero-order valence-corrected chi connectivity index (χ0v) is 15.5. The summed E-state index contributed by atoms with van der Waals surface area (Å²) in [4.78, 5) is 25.8. The molecule has 0 saturated carbocycles. The van der Waals surface area contributed by atoms with Gasteiger partial charge in [-0.15, -0.1) is 0 Å². The van der Waals surface area contributed by atoms with Gasteiger partial charge in [0.2, 0.25) is 0 Å². The van der Waals surface area contributed by atoms with Crippen molar-refractivity contribution in [3.05, 3.63) is 99.1 Å². The van der Waals surface area contributed by atoms with Crippen molar-refractivity contribution in [3.8, 4) is 0 Å². The molecule has 1 amide bonds. The minimum atomic E-state index is -0.551. The SMILES string of the molecule is Cc1ccc(N2C(=O)c3ccccc3N[C@H]2c2cccc([N+](=O)[O-])c2)cc1C. The van der Waals surface area contributed by atoms with Gasteiger partial charge in [0, 0.05) is 29.1 Å². The molecular formula is C22H19N3O3. The molecule has 3 aromatic rings. The van der Waals surface area contributed by atoms with Gasteiger partial charge in [0.25, 0.3) is 11.6 Å². The highest BCUT2D eigenvalue weighted by molar-refractivity contribution is 6.12. The molecule has 4 rings (SSSR count). The van der Waals surface area contributed by atoms with Crippen molar-refractivity contribution in [1.82, 2.24) is 0 Å². The van der Waals surface area contributed by atoms with Crippen LogP contribution in [0.1, 0.15) is 33.2 Å². The van der Waals surface area contributed by atoms with Gasteiger partial charge in [-0.1, -0.05) is 30.3 Å². The van der Waals surface area contributed by atoms with E-state index in [1.807, 2.05) is 50.2 Å². The van der Waals surface area contributed by atoms with E-state index < -0.39 is 11.1 Å². The summed E-state index contributed by atoms with van der Waals surface area (Å²) in [6, 6.07) is 19.5. The minimum absolute atomic E-state index is 0.00866. The zero-order valence-electron chi connectivity index (χ0n) is 15.5. The Kier molecular flexibility index (Phi) is 4.31. The Bertz CT molecular complexity index is 1090. The van der Waals surface area contributed by atoms with E-state index in [1.165, 1.54) is 12.1 Å². The molecule has 0 aliphatic carbocycles. The number of nitro groups is 1. The Morgan fingerprint density at radius 2 is 1.75 bits per heavy atom. The number of amides is 1. The number of nitro benzene ring substituents is 1. The fourth-order valence-corrected chi connectivity index (χ4v) is 3.44. The van der Waals surface area contributed by atoms with E-state index in [9.17, 15) is 14.9 Å². The number of carbonyl (C=O) groups is 1. The minimum Gasteiger partial charge on any atom is -0.360 e. The van der Waals surface area contributed by atoms with E-state index in [4.69, 9.17) is 0 Å². The molecule has 0 aromatic heterocycles. The van der Waals surface area contributed by atoms with Gasteiger partial charge in [-0.05, 0) is 49.2 Å². The van der Waals surface area contributed by atoms with E-state index in [-0.39, 0.29) is 11.6 Å². The number of anilines is 2. The van der Waals surface area contributed by atoms with Crippen molar-refractivity contribution in [3.63, 3.8) is 0 Å². The summed E-state index contributed by atoms with van der Waals surface area (Å²) >= 11 is 0. The molecule has 0 fully saturated rings. The van der Waals surface area contributed by atoms with Crippen molar-refractivity contribution >= 4 is 23.0 Å². The van der Waals surface area contributed by atoms with Crippen LogP contribution in [0.2, 0.25) is 0 Å². The number of para-hydroxylation sites is 1. The standard InChI is InChI=1S/C22H19N3O3/c1-14-10-11-17(12-15(14)2)24-21(16-6-5-7-18(13-16)25(27)28)23-20-9-4-3-8-19(20)22(24)26/h3-13,21,23H,1-2H3/t21-/m1/s1. The van der Waals surface area contributed by atoms with Crippen molar-refractivity contribution in [2.45, 2.75) is 20.0 Å². The predicted octanol–water partition coefficient (Wildman–Crippen LogP) is 4.98. The smallest absolute Gasteiger partial charge is 0.269 e. The summed E-state index contributed by atoms with van der Waals surface area (Å²) in [5, 5.41) is 14.6. The Labute approximate surface area is 162 Å². The van der Waals surface area contributed by atoms with Crippen molar-refractivity contribution < 1.29 is 9.72 Å². The van der Waals surface area contributed by atoms with Gasteiger partial charge < -0.3 is 5.32 Å². The van der Waals surface area contributed by atoms with Crippen LogP contribution in [0.4, 0.5) is 17.1 Å². The van der Waals surface area contributed by atoms with Gasteiger partial charge in [0.05, 0.1) is 10.5 Å². The van der Waals surface area contributed by atoms with Gasteiger partial charge in [0.1, 0.15) is 6.17 Å². The van der Waals surface area contributed by atoms with Crippen LogP contribution in [0.3, 0.4) is 0 Å². The summed E-state index contributed by atoms with van der Waals surface area (Å²) in [6.07, 6.45) is -0.551. The van der Waals surface area contributed by atoms with Crippen LogP contribution in [-0.2, 0) is 0 Å². The van der Waals surface area contributed by atoms with Crippen LogP contribution in [-0.4, -0.2) is 10.8 Å². The van der Waals surface area contributed by atoms with Gasteiger partial charge in [0.15, 0.2) is 0 Å². The third-order valence-corrected chi connectivity index (χ3v) is 5.09. The maximum absolute atomic E-state index is 13.4. The molecule has 0 spiro atoms. The molecule has 3 aromatic carbocycles. The second-order valence-corrected chi connectivity index (χ2v) is 6.89. The highest BCUT2D eigenvalue weighted by Crippen LogP contribution is 2.37. The van der Waals surface area contributed by atoms with Crippen LogP contribution in [0, 0.1) is 24.0 Å². The number of nitrogens with one attached hydrogen (secondary N) is 1. The second kappa shape index (κ2) is 6.81. The van der Waals surface area contributed by atoms with Crippen LogP contribution in [0.5, 0.6) is 0 Å². The average Bonchev–Trinajstić information content (AvgIpc) is 2.70. The Morgan fingerprint density at radius 3 is 2.50 bits per heavy atom. The van der Waals surface area contributed by atoms with E-state index in [2.05, 4.69) is 5.32 Å². The molecule has 0 bridgehead atoms. The molecule has 6 nitrogen and oxygen atoms in total. The second-order valence-electron chi connectivity index (χ2n) is 6.89. The lowest BCUT2D eigenvalue weighted by atomic mass is 10.0. The van der Waals surface area contributed by atoms with Crippen LogP contribution < -0.4 is 10.2 Å². The summed E-state index contributed by atoms with van der Waals surface area (Å²) in [7, 11) is 0. The molecule has 0 unspecified atom stereocenters. The normalized spacial score (nSPS) is 15.7. The highest BCUT2D eigenvalue weighted by Gasteiger charge is 2.34. The molecule has 1 aliphatic rings. The third-order valence-electron chi connectivity index (χ3n) is 5.09. The molecule has 0 radical (unpaired) electrons. The van der Waals surface area contributed by atoms with Crippen molar-refractivity contribution in [1.29, 1.82) is 0 Å². The lowest BCUT2D eigenvalue weighted by Crippen LogP contribution is -2.43. The van der Waals surface area contributed by atoms with Gasteiger partial charge in [-0.3, -0.25) is 19.8 Å². The number of hydrogen-bond donors (Lipinski definition) is 1. The fraction of sp³-hybridized carbons (Fsp3) is 0.136.